The molecule has 0 fully saturated rings. The molecule has 0 aliphatic carbocycles. The van der Waals surface area contributed by atoms with Gasteiger partial charge in [0.2, 0.25) is 0 Å². The van der Waals surface area contributed by atoms with Gasteiger partial charge in [0.1, 0.15) is 0 Å². The molecule has 4 rings (SSSR count). The lowest BCUT2D eigenvalue weighted by Crippen LogP contribution is -2.31. The Balaban J connectivity index is 1.61. The number of hydrogen-bond acceptors (Lipinski definition) is 2. The minimum absolute atomic E-state index is 0.0888. The molecule has 1 amide bonds. The summed E-state index contributed by atoms with van der Waals surface area (Å²) in [6.07, 6.45) is 5.64. The molecule has 2 heterocycles. The lowest BCUT2D eigenvalue weighted by atomic mass is 10.1. The van der Waals surface area contributed by atoms with Crippen molar-refractivity contribution in [2.45, 2.75) is 12.6 Å². The van der Waals surface area contributed by atoms with Gasteiger partial charge in [0.05, 0.1) is 12.6 Å². The maximum atomic E-state index is 12.9. The Labute approximate surface area is 151 Å². The van der Waals surface area contributed by atoms with Crippen LogP contribution in [0.15, 0.2) is 79.3 Å². The molecule has 0 aliphatic rings. The third kappa shape index (κ3) is 3.24. The molecule has 0 spiro atoms. The normalized spacial score (nSPS) is 12.2. The van der Waals surface area contributed by atoms with E-state index in [1.54, 1.807) is 6.20 Å². The summed E-state index contributed by atoms with van der Waals surface area (Å²) in [4.78, 5) is 12.9. The van der Waals surface area contributed by atoms with Crippen molar-refractivity contribution in [2.24, 2.45) is 7.05 Å². The number of fused-ring (bicyclic) bond motifs is 1. The van der Waals surface area contributed by atoms with Crippen LogP contribution in [0.1, 0.15) is 22.0 Å². The molecule has 1 unspecified atom stereocenters. The van der Waals surface area contributed by atoms with Gasteiger partial charge < -0.3 is 9.88 Å². The maximum Gasteiger partial charge on any atom is 0.251 e. The number of aromatic nitrogens is 3. The minimum atomic E-state index is -0.160. The Bertz CT molecular complexity index is 1020. The van der Waals surface area contributed by atoms with Crippen molar-refractivity contribution >= 4 is 16.8 Å². The molecular formula is C21H20N4O. The van der Waals surface area contributed by atoms with Crippen LogP contribution in [0.5, 0.6) is 0 Å². The number of benzene rings is 2. The highest BCUT2D eigenvalue weighted by molar-refractivity contribution is 5.98. The number of hydrogen-bond donors (Lipinski definition) is 1. The van der Waals surface area contributed by atoms with Crippen LogP contribution in [0.3, 0.4) is 0 Å². The van der Waals surface area contributed by atoms with Crippen LogP contribution in [0, 0.1) is 0 Å². The van der Waals surface area contributed by atoms with Gasteiger partial charge in [-0.2, -0.15) is 5.10 Å². The van der Waals surface area contributed by atoms with Gasteiger partial charge in [-0.15, -0.1) is 0 Å². The van der Waals surface area contributed by atoms with E-state index in [0.717, 1.165) is 16.5 Å². The second-order valence-electron chi connectivity index (χ2n) is 6.37. The molecule has 0 saturated carbocycles. The van der Waals surface area contributed by atoms with E-state index < -0.39 is 0 Å². The van der Waals surface area contributed by atoms with Crippen LogP contribution in [0.4, 0.5) is 0 Å². The van der Waals surface area contributed by atoms with Crippen molar-refractivity contribution < 1.29 is 4.79 Å². The molecule has 4 aromatic rings. The van der Waals surface area contributed by atoms with Crippen molar-refractivity contribution in [3.63, 3.8) is 0 Å². The van der Waals surface area contributed by atoms with E-state index in [1.807, 2.05) is 89.4 Å². The van der Waals surface area contributed by atoms with Crippen LogP contribution in [-0.4, -0.2) is 20.3 Å². The van der Waals surface area contributed by atoms with E-state index in [-0.39, 0.29) is 11.9 Å². The van der Waals surface area contributed by atoms with Crippen LogP contribution in [0.25, 0.3) is 10.9 Å². The summed E-state index contributed by atoms with van der Waals surface area (Å²) in [5.41, 5.74) is 2.75. The number of rotatable bonds is 5. The van der Waals surface area contributed by atoms with Crippen molar-refractivity contribution in [3.8, 4) is 0 Å². The summed E-state index contributed by atoms with van der Waals surface area (Å²) >= 11 is 0. The van der Waals surface area contributed by atoms with Gasteiger partial charge in [-0.05, 0) is 35.2 Å². The van der Waals surface area contributed by atoms with E-state index in [0.29, 0.717) is 12.1 Å². The first-order valence-corrected chi connectivity index (χ1v) is 8.59. The minimum Gasteiger partial charge on any atom is -0.351 e. The smallest absolute Gasteiger partial charge is 0.251 e. The first-order chi connectivity index (χ1) is 12.7. The van der Waals surface area contributed by atoms with Crippen molar-refractivity contribution in [1.82, 2.24) is 19.7 Å². The Hall–Kier alpha value is -3.34. The first kappa shape index (κ1) is 16.1. The molecule has 5 nitrogen and oxygen atoms in total. The van der Waals surface area contributed by atoms with E-state index in [4.69, 9.17) is 0 Å². The molecule has 2 aromatic heterocycles. The fraction of sp³-hybridized carbons (Fsp3) is 0.143. The number of carbonyl (C=O) groups is 1. The van der Waals surface area contributed by atoms with E-state index >= 15 is 0 Å². The monoisotopic (exact) mass is 344 g/mol. The summed E-state index contributed by atoms with van der Waals surface area (Å²) in [5, 5.41) is 8.55. The molecule has 26 heavy (non-hydrogen) atoms. The molecule has 5 heteroatoms. The van der Waals surface area contributed by atoms with Crippen LogP contribution in [-0.2, 0) is 13.6 Å². The molecule has 1 atom stereocenters. The van der Waals surface area contributed by atoms with Crippen LogP contribution < -0.4 is 5.32 Å². The zero-order valence-corrected chi connectivity index (χ0v) is 14.5. The van der Waals surface area contributed by atoms with E-state index in [1.165, 1.54) is 0 Å². The fourth-order valence-corrected chi connectivity index (χ4v) is 3.16. The third-order valence-electron chi connectivity index (χ3n) is 4.59. The highest BCUT2D eigenvalue weighted by Gasteiger charge is 2.17. The van der Waals surface area contributed by atoms with Crippen molar-refractivity contribution in [1.29, 1.82) is 0 Å². The molecule has 1 N–H and O–H groups in total. The second kappa shape index (κ2) is 6.88. The number of aryl methyl sites for hydroxylation is 1. The van der Waals surface area contributed by atoms with Gasteiger partial charge >= 0.3 is 0 Å². The van der Waals surface area contributed by atoms with Gasteiger partial charge in [-0.1, -0.05) is 36.4 Å². The Morgan fingerprint density at radius 3 is 2.69 bits per heavy atom. The topological polar surface area (TPSA) is 51.9 Å². The zero-order chi connectivity index (χ0) is 17.9. The zero-order valence-electron chi connectivity index (χ0n) is 14.5. The molecule has 0 aliphatic heterocycles. The van der Waals surface area contributed by atoms with E-state index in [9.17, 15) is 4.79 Å². The number of nitrogens with zero attached hydrogens (tertiary/aromatic N) is 3. The van der Waals surface area contributed by atoms with Gasteiger partial charge in [0.15, 0.2) is 0 Å². The largest absolute Gasteiger partial charge is 0.351 e. The fourth-order valence-electron chi connectivity index (χ4n) is 3.16. The third-order valence-corrected chi connectivity index (χ3v) is 4.59. The molecular weight excluding hydrogens is 324 g/mol. The molecule has 0 bridgehead atoms. The summed E-state index contributed by atoms with van der Waals surface area (Å²) in [7, 11) is 1.98. The molecule has 0 radical (unpaired) electrons. The maximum absolute atomic E-state index is 12.9. The summed E-state index contributed by atoms with van der Waals surface area (Å²) in [6, 6.07) is 19.5. The Morgan fingerprint density at radius 1 is 1.08 bits per heavy atom. The SMILES string of the molecule is Cn1ccc2ccc(C(=O)NC(Cn3cccn3)c3ccccc3)cc21. The average molecular weight is 344 g/mol. The highest BCUT2D eigenvalue weighted by Crippen LogP contribution is 2.19. The van der Waals surface area contributed by atoms with Gasteiger partial charge in [-0.3, -0.25) is 9.48 Å². The van der Waals surface area contributed by atoms with Gasteiger partial charge in [0, 0.05) is 36.7 Å². The predicted molar refractivity (Wildman–Crippen MR) is 102 cm³/mol. The molecule has 0 saturated heterocycles. The van der Waals surface area contributed by atoms with Crippen molar-refractivity contribution in [2.75, 3.05) is 0 Å². The highest BCUT2D eigenvalue weighted by atomic mass is 16.1. The number of nitrogens with one attached hydrogen (secondary N) is 1. The first-order valence-electron chi connectivity index (χ1n) is 8.59. The van der Waals surface area contributed by atoms with Gasteiger partial charge in [-0.25, -0.2) is 0 Å². The molecule has 130 valence electrons. The van der Waals surface area contributed by atoms with Gasteiger partial charge in [0.25, 0.3) is 5.91 Å². The Morgan fingerprint density at radius 2 is 1.92 bits per heavy atom. The quantitative estimate of drug-likeness (QED) is 0.602. The summed E-state index contributed by atoms with van der Waals surface area (Å²) < 4.78 is 3.85. The second-order valence-corrected chi connectivity index (χ2v) is 6.37. The number of amides is 1. The predicted octanol–water partition coefficient (Wildman–Crippen LogP) is 3.55. The van der Waals surface area contributed by atoms with Crippen molar-refractivity contribution in [3.05, 3.63) is 90.4 Å². The lowest BCUT2D eigenvalue weighted by molar-refractivity contribution is 0.0932. The van der Waals surface area contributed by atoms with Crippen LogP contribution >= 0.6 is 0 Å². The average Bonchev–Trinajstić information content (AvgIpc) is 3.31. The van der Waals surface area contributed by atoms with Crippen LogP contribution in [0.2, 0.25) is 0 Å². The van der Waals surface area contributed by atoms with E-state index in [2.05, 4.69) is 10.4 Å². The standard InChI is InChI=1S/C21H20N4O/c1-24-13-10-17-8-9-18(14-20(17)24)21(26)23-19(15-25-12-5-11-22-25)16-6-3-2-4-7-16/h2-14,19H,15H2,1H3,(H,23,26). The number of carbonyl (C=O) groups excluding carboxylic acids is 1. The lowest BCUT2D eigenvalue weighted by Gasteiger charge is -2.19. The Kier molecular flexibility index (Phi) is 4.27. The summed E-state index contributed by atoms with van der Waals surface area (Å²) in [5.74, 6) is -0.0888. The summed E-state index contributed by atoms with van der Waals surface area (Å²) in [6.45, 7) is 0.579. The molecule has 2 aromatic carbocycles.